The average molecular weight is 359 g/mol. The van der Waals surface area contributed by atoms with Crippen LogP contribution in [0, 0.1) is 6.92 Å². The van der Waals surface area contributed by atoms with E-state index in [2.05, 4.69) is 4.98 Å². The first-order chi connectivity index (χ1) is 12.6. The van der Waals surface area contributed by atoms with Crippen LogP contribution in [0.25, 0.3) is 22.0 Å². The monoisotopic (exact) mass is 359 g/mol. The average Bonchev–Trinajstić information content (AvgIpc) is 2.67. The van der Waals surface area contributed by atoms with Crippen molar-refractivity contribution in [1.82, 2.24) is 4.98 Å². The fourth-order valence-electron chi connectivity index (χ4n) is 3.15. The van der Waals surface area contributed by atoms with E-state index in [9.17, 15) is 8.42 Å². The maximum absolute atomic E-state index is 13.3. The first-order valence-corrected chi connectivity index (χ1v) is 9.80. The van der Waals surface area contributed by atoms with Gasteiger partial charge in [0.2, 0.25) is 9.84 Å². The number of nitrogens with zero attached hydrogens (tertiary/aromatic N) is 1. The van der Waals surface area contributed by atoms with E-state index in [0.29, 0.717) is 5.56 Å². The summed E-state index contributed by atoms with van der Waals surface area (Å²) < 4.78 is 26.6. The molecule has 0 amide bonds. The molecule has 0 N–H and O–H groups in total. The van der Waals surface area contributed by atoms with E-state index in [0.717, 1.165) is 22.0 Å². The molecule has 1 aromatic heterocycles. The third-order valence-corrected chi connectivity index (χ3v) is 6.17. The van der Waals surface area contributed by atoms with Crippen molar-refractivity contribution in [3.63, 3.8) is 0 Å². The number of sulfone groups is 1. The summed E-state index contributed by atoms with van der Waals surface area (Å²) in [6.45, 7) is 2.00. The minimum absolute atomic E-state index is 0.230. The zero-order chi connectivity index (χ0) is 18.1. The summed E-state index contributed by atoms with van der Waals surface area (Å²) >= 11 is 0. The second-order valence-corrected chi connectivity index (χ2v) is 8.12. The number of hydrogen-bond donors (Lipinski definition) is 0. The summed E-state index contributed by atoms with van der Waals surface area (Å²) in [4.78, 5) is 4.90. The van der Waals surface area contributed by atoms with E-state index >= 15 is 0 Å². The lowest BCUT2D eigenvalue weighted by atomic mass is 10.00. The summed E-state index contributed by atoms with van der Waals surface area (Å²) in [5.41, 5.74) is 3.42. The fraction of sp³-hybridized carbons (Fsp3) is 0.0455. The second kappa shape index (κ2) is 6.39. The summed E-state index contributed by atoms with van der Waals surface area (Å²) in [7, 11) is -3.68. The number of fused-ring (bicyclic) bond motifs is 1. The van der Waals surface area contributed by atoms with Gasteiger partial charge in [-0.3, -0.25) is 4.98 Å². The number of rotatable bonds is 3. The number of pyridine rings is 1. The van der Waals surface area contributed by atoms with Crippen LogP contribution in [-0.4, -0.2) is 13.4 Å². The lowest BCUT2D eigenvalue weighted by Gasteiger charge is -2.14. The molecule has 0 aliphatic heterocycles. The molecule has 0 fully saturated rings. The zero-order valence-electron chi connectivity index (χ0n) is 14.3. The summed E-state index contributed by atoms with van der Waals surface area (Å²) in [5, 5.41) is 0.829. The Morgan fingerprint density at radius 2 is 1.54 bits per heavy atom. The predicted octanol–water partition coefficient (Wildman–Crippen LogP) is 5.04. The van der Waals surface area contributed by atoms with Crippen LogP contribution in [0.1, 0.15) is 5.56 Å². The molecule has 0 aliphatic rings. The van der Waals surface area contributed by atoms with Crippen LogP contribution in [0.2, 0.25) is 0 Å². The highest BCUT2D eigenvalue weighted by Crippen LogP contribution is 2.36. The molecule has 26 heavy (non-hydrogen) atoms. The molecule has 0 spiro atoms. The molecule has 0 unspecified atom stereocenters. The zero-order valence-corrected chi connectivity index (χ0v) is 15.1. The molecule has 1 heterocycles. The van der Waals surface area contributed by atoms with Crippen molar-refractivity contribution in [3.8, 4) is 11.1 Å². The quantitative estimate of drug-likeness (QED) is 0.515. The lowest BCUT2D eigenvalue weighted by Crippen LogP contribution is -2.05. The van der Waals surface area contributed by atoms with Crippen LogP contribution in [-0.2, 0) is 9.84 Å². The Bertz CT molecular complexity index is 1200. The summed E-state index contributed by atoms with van der Waals surface area (Å²) in [6.07, 6.45) is 1.47. The Kier molecular flexibility index (Phi) is 4.05. The van der Waals surface area contributed by atoms with Crippen molar-refractivity contribution in [2.24, 2.45) is 0 Å². The van der Waals surface area contributed by atoms with Crippen molar-refractivity contribution in [2.75, 3.05) is 0 Å². The van der Waals surface area contributed by atoms with Gasteiger partial charge in [-0.1, -0.05) is 66.2 Å². The Morgan fingerprint density at radius 3 is 2.31 bits per heavy atom. The summed E-state index contributed by atoms with van der Waals surface area (Å²) in [6, 6.07) is 24.0. The SMILES string of the molecule is Cc1cccc(-c2c(S(=O)(=O)c3ccccc3)cnc3ccccc23)c1. The van der Waals surface area contributed by atoms with Gasteiger partial charge in [0.1, 0.15) is 0 Å². The molecule has 3 aromatic carbocycles. The van der Waals surface area contributed by atoms with Crippen molar-refractivity contribution in [2.45, 2.75) is 16.7 Å². The molecule has 0 radical (unpaired) electrons. The molecule has 4 heteroatoms. The van der Waals surface area contributed by atoms with Gasteiger partial charge in [-0.25, -0.2) is 8.42 Å². The minimum atomic E-state index is -3.68. The molecule has 0 saturated carbocycles. The number of aryl methyl sites for hydroxylation is 1. The molecule has 0 bridgehead atoms. The van der Waals surface area contributed by atoms with Crippen molar-refractivity contribution >= 4 is 20.7 Å². The third-order valence-electron chi connectivity index (χ3n) is 4.39. The maximum Gasteiger partial charge on any atom is 0.208 e. The van der Waals surface area contributed by atoms with E-state index in [1.54, 1.807) is 30.3 Å². The van der Waals surface area contributed by atoms with E-state index in [-0.39, 0.29) is 9.79 Å². The van der Waals surface area contributed by atoms with E-state index in [1.807, 2.05) is 55.5 Å². The van der Waals surface area contributed by atoms with Gasteiger partial charge in [0.15, 0.2) is 0 Å². The Morgan fingerprint density at radius 1 is 0.808 bits per heavy atom. The van der Waals surface area contributed by atoms with E-state index in [4.69, 9.17) is 0 Å². The molecular formula is C22H17NO2S. The highest BCUT2D eigenvalue weighted by Gasteiger charge is 2.24. The predicted molar refractivity (Wildman–Crippen MR) is 104 cm³/mol. The third kappa shape index (κ3) is 2.78. The summed E-state index contributed by atoms with van der Waals surface area (Å²) in [5.74, 6) is 0. The van der Waals surface area contributed by atoms with Crippen LogP contribution >= 0.6 is 0 Å². The van der Waals surface area contributed by atoms with E-state index < -0.39 is 9.84 Å². The second-order valence-electron chi connectivity index (χ2n) is 6.20. The van der Waals surface area contributed by atoms with Crippen LogP contribution in [0.15, 0.2) is 94.9 Å². The molecular weight excluding hydrogens is 342 g/mol. The Hall–Kier alpha value is -2.98. The van der Waals surface area contributed by atoms with Crippen molar-refractivity contribution < 1.29 is 8.42 Å². The van der Waals surface area contributed by atoms with Gasteiger partial charge in [0.25, 0.3) is 0 Å². The van der Waals surface area contributed by atoms with Gasteiger partial charge in [-0.15, -0.1) is 0 Å². The number of aromatic nitrogens is 1. The normalized spacial score (nSPS) is 11.6. The van der Waals surface area contributed by atoms with Crippen LogP contribution in [0.4, 0.5) is 0 Å². The number of hydrogen-bond acceptors (Lipinski definition) is 3. The Balaban J connectivity index is 2.09. The van der Waals surface area contributed by atoms with Gasteiger partial charge in [-0.2, -0.15) is 0 Å². The number of benzene rings is 3. The maximum atomic E-state index is 13.3. The molecule has 128 valence electrons. The smallest absolute Gasteiger partial charge is 0.208 e. The highest BCUT2D eigenvalue weighted by molar-refractivity contribution is 7.91. The standard InChI is InChI=1S/C22H17NO2S/c1-16-8-7-9-17(14-16)22-19-12-5-6-13-20(19)23-15-21(22)26(24,25)18-10-3-2-4-11-18/h2-15H,1H3. The van der Waals surface area contributed by atoms with Gasteiger partial charge < -0.3 is 0 Å². The van der Waals surface area contributed by atoms with Crippen LogP contribution in [0.5, 0.6) is 0 Å². The molecule has 0 atom stereocenters. The lowest BCUT2D eigenvalue weighted by molar-refractivity contribution is 0.596. The molecule has 4 aromatic rings. The first-order valence-electron chi connectivity index (χ1n) is 8.32. The minimum Gasteiger partial charge on any atom is -0.255 e. The van der Waals surface area contributed by atoms with Crippen molar-refractivity contribution in [3.05, 3.63) is 90.6 Å². The van der Waals surface area contributed by atoms with Crippen LogP contribution in [0.3, 0.4) is 0 Å². The van der Waals surface area contributed by atoms with Gasteiger partial charge >= 0.3 is 0 Å². The topological polar surface area (TPSA) is 47.0 Å². The highest BCUT2D eigenvalue weighted by atomic mass is 32.2. The van der Waals surface area contributed by atoms with Crippen molar-refractivity contribution in [1.29, 1.82) is 0 Å². The first kappa shape index (κ1) is 16.5. The molecule has 0 aliphatic carbocycles. The number of para-hydroxylation sites is 1. The largest absolute Gasteiger partial charge is 0.255 e. The van der Waals surface area contributed by atoms with E-state index in [1.165, 1.54) is 6.20 Å². The van der Waals surface area contributed by atoms with Crippen LogP contribution < -0.4 is 0 Å². The molecule has 3 nitrogen and oxygen atoms in total. The Labute approximate surface area is 152 Å². The fourth-order valence-corrected chi connectivity index (χ4v) is 4.61. The molecule has 0 saturated heterocycles. The molecule has 4 rings (SSSR count). The van der Waals surface area contributed by atoms with Gasteiger partial charge in [0.05, 0.1) is 15.3 Å². The van der Waals surface area contributed by atoms with Gasteiger partial charge in [0, 0.05) is 17.1 Å². The van der Waals surface area contributed by atoms with Gasteiger partial charge in [-0.05, 0) is 30.7 Å².